The van der Waals surface area contributed by atoms with Gasteiger partial charge in [0.15, 0.2) is 9.84 Å². The quantitative estimate of drug-likeness (QED) is 0.814. The molecular formula is C20H26N2O3S. The number of pyridine rings is 1. The summed E-state index contributed by atoms with van der Waals surface area (Å²) in [4.78, 5) is 15.5. The molecular weight excluding hydrogens is 348 g/mol. The summed E-state index contributed by atoms with van der Waals surface area (Å²) in [5.41, 5.74) is 5.63. The number of H-pyrrole nitrogens is 1. The lowest BCUT2D eigenvalue weighted by Crippen LogP contribution is -2.17. The number of hydrogen-bond acceptors (Lipinski definition) is 3. The lowest BCUT2D eigenvalue weighted by Gasteiger charge is -2.14. The van der Waals surface area contributed by atoms with Gasteiger partial charge < -0.3 is 9.55 Å². The Morgan fingerprint density at radius 3 is 2.42 bits per heavy atom. The zero-order valence-electron chi connectivity index (χ0n) is 16.2. The average Bonchev–Trinajstić information content (AvgIpc) is 2.88. The number of aromatic nitrogens is 2. The first kappa shape index (κ1) is 20.0. The lowest BCUT2D eigenvalue weighted by molar-refractivity contribution is 0.604. The molecule has 2 rings (SSSR count). The van der Waals surface area contributed by atoms with Crippen molar-refractivity contribution in [3.8, 4) is 0 Å². The van der Waals surface area contributed by atoms with E-state index in [0.717, 1.165) is 27.7 Å². The van der Waals surface area contributed by atoms with Gasteiger partial charge in [-0.3, -0.25) is 4.79 Å². The zero-order valence-corrected chi connectivity index (χ0v) is 17.0. The number of sulfone groups is 1. The first-order chi connectivity index (χ1) is 11.9. The lowest BCUT2D eigenvalue weighted by atomic mass is 9.95. The van der Waals surface area contributed by atoms with Crippen molar-refractivity contribution in [3.63, 3.8) is 0 Å². The van der Waals surface area contributed by atoms with Crippen LogP contribution in [0.3, 0.4) is 0 Å². The van der Waals surface area contributed by atoms with E-state index < -0.39 is 9.84 Å². The number of allylic oxidation sites excluding steroid dienone is 4. The van der Waals surface area contributed by atoms with E-state index in [0.29, 0.717) is 16.7 Å². The molecule has 0 saturated heterocycles. The third kappa shape index (κ3) is 4.07. The molecule has 0 aliphatic carbocycles. The number of nitrogens with one attached hydrogen (secondary N) is 1. The van der Waals surface area contributed by atoms with Crippen LogP contribution in [-0.2, 0) is 16.9 Å². The summed E-state index contributed by atoms with van der Waals surface area (Å²) in [6.07, 6.45) is 6.72. The van der Waals surface area contributed by atoms with Crippen molar-refractivity contribution >= 4 is 26.3 Å². The van der Waals surface area contributed by atoms with Gasteiger partial charge in [0.25, 0.3) is 5.56 Å². The number of aromatic amines is 1. The molecule has 1 N–H and O–H groups in total. The van der Waals surface area contributed by atoms with Gasteiger partial charge >= 0.3 is 0 Å². The topological polar surface area (TPSA) is 71.9 Å². The van der Waals surface area contributed by atoms with Crippen molar-refractivity contribution in [2.24, 2.45) is 7.05 Å². The van der Waals surface area contributed by atoms with Crippen LogP contribution in [0.25, 0.3) is 16.5 Å². The molecule has 5 nitrogen and oxygen atoms in total. The van der Waals surface area contributed by atoms with Crippen LogP contribution in [0.5, 0.6) is 0 Å². The molecule has 0 aliphatic heterocycles. The van der Waals surface area contributed by atoms with Crippen molar-refractivity contribution in [2.45, 2.75) is 27.7 Å². The highest BCUT2D eigenvalue weighted by Crippen LogP contribution is 2.30. The standard InChI is InChI=1S/C20H26N2O3S/c1-12(2)15(11-26(7,24)25)8-16(13(3)4)17-10-22(6)20(23)19-18(17)14(5)9-21-19/h8-10,21H,1,11H2,2-7H3/b15-8-. The van der Waals surface area contributed by atoms with E-state index in [2.05, 4.69) is 11.6 Å². The Morgan fingerprint density at radius 2 is 1.92 bits per heavy atom. The smallest absolute Gasteiger partial charge is 0.274 e. The van der Waals surface area contributed by atoms with Gasteiger partial charge in [0.05, 0.1) is 5.75 Å². The molecule has 0 aliphatic rings. The number of rotatable bonds is 5. The van der Waals surface area contributed by atoms with Gasteiger partial charge in [-0.2, -0.15) is 0 Å². The van der Waals surface area contributed by atoms with Crippen LogP contribution in [-0.4, -0.2) is 30.0 Å². The Bertz CT molecular complexity index is 1110. The monoisotopic (exact) mass is 374 g/mol. The van der Waals surface area contributed by atoms with Gasteiger partial charge in [-0.25, -0.2) is 8.42 Å². The van der Waals surface area contributed by atoms with Gasteiger partial charge in [-0.15, -0.1) is 0 Å². The van der Waals surface area contributed by atoms with E-state index in [1.54, 1.807) is 24.7 Å². The third-order valence-corrected chi connectivity index (χ3v) is 5.15. The van der Waals surface area contributed by atoms with Gasteiger partial charge in [-0.1, -0.05) is 17.7 Å². The molecule has 26 heavy (non-hydrogen) atoms. The fraction of sp³-hybridized carbons (Fsp3) is 0.350. The molecule has 140 valence electrons. The van der Waals surface area contributed by atoms with Crippen molar-refractivity contribution < 1.29 is 8.42 Å². The highest BCUT2D eigenvalue weighted by molar-refractivity contribution is 7.90. The fourth-order valence-corrected chi connectivity index (χ4v) is 3.87. The molecule has 0 aromatic carbocycles. The van der Waals surface area contributed by atoms with E-state index in [1.165, 1.54) is 6.26 Å². The second kappa shape index (κ2) is 7.11. The van der Waals surface area contributed by atoms with E-state index in [-0.39, 0.29) is 11.3 Å². The molecule has 0 fully saturated rings. The Kier molecular flexibility index (Phi) is 5.47. The maximum absolute atomic E-state index is 12.4. The molecule has 0 unspecified atom stereocenters. The van der Waals surface area contributed by atoms with Crippen molar-refractivity contribution in [2.75, 3.05) is 12.0 Å². The van der Waals surface area contributed by atoms with E-state index in [1.807, 2.05) is 33.0 Å². The predicted molar refractivity (Wildman–Crippen MR) is 109 cm³/mol. The van der Waals surface area contributed by atoms with E-state index in [9.17, 15) is 13.2 Å². The second-order valence-electron chi connectivity index (χ2n) is 7.11. The summed E-state index contributed by atoms with van der Waals surface area (Å²) >= 11 is 0. The maximum Gasteiger partial charge on any atom is 0.274 e. The summed E-state index contributed by atoms with van der Waals surface area (Å²) in [5, 5.41) is 0.862. The third-order valence-electron chi connectivity index (χ3n) is 4.32. The summed E-state index contributed by atoms with van der Waals surface area (Å²) in [6.45, 7) is 11.6. The van der Waals surface area contributed by atoms with Crippen LogP contribution < -0.4 is 5.56 Å². The molecule has 2 heterocycles. The van der Waals surface area contributed by atoms with Crippen LogP contribution in [0.15, 0.2) is 46.6 Å². The van der Waals surface area contributed by atoms with E-state index in [4.69, 9.17) is 0 Å². The summed E-state index contributed by atoms with van der Waals surface area (Å²) in [7, 11) is -1.48. The van der Waals surface area contributed by atoms with Gasteiger partial charge in [0, 0.05) is 36.6 Å². The summed E-state index contributed by atoms with van der Waals surface area (Å²) in [6, 6.07) is 0. The average molecular weight is 375 g/mol. The van der Waals surface area contributed by atoms with Crippen LogP contribution >= 0.6 is 0 Å². The number of fused-ring (bicyclic) bond motifs is 1. The zero-order chi connectivity index (χ0) is 19.8. The van der Waals surface area contributed by atoms with Gasteiger partial charge in [0.1, 0.15) is 5.52 Å². The van der Waals surface area contributed by atoms with Crippen LogP contribution in [0.4, 0.5) is 0 Å². The molecule has 0 atom stereocenters. The Morgan fingerprint density at radius 1 is 1.31 bits per heavy atom. The molecule has 0 amide bonds. The fourth-order valence-electron chi connectivity index (χ4n) is 2.97. The molecule has 2 aromatic heterocycles. The molecule has 0 radical (unpaired) electrons. The van der Waals surface area contributed by atoms with Crippen LogP contribution in [0, 0.1) is 6.92 Å². The van der Waals surface area contributed by atoms with Crippen LogP contribution in [0.2, 0.25) is 0 Å². The Labute approximate surface area is 154 Å². The normalized spacial score (nSPS) is 12.5. The van der Waals surface area contributed by atoms with Gasteiger partial charge in [0.2, 0.25) is 0 Å². The van der Waals surface area contributed by atoms with Gasteiger partial charge in [-0.05, 0) is 50.5 Å². The van der Waals surface area contributed by atoms with Crippen molar-refractivity contribution in [1.29, 1.82) is 0 Å². The first-order valence-corrected chi connectivity index (χ1v) is 10.4. The Hall–Kier alpha value is -2.34. The molecule has 0 saturated carbocycles. The van der Waals surface area contributed by atoms with Crippen molar-refractivity contribution in [1.82, 2.24) is 9.55 Å². The molecule has 2 aromatic rings. The van der Waals surface area contributed by atoms with E-state index >= 15 is 0 Å². The number of hydrogen-bond donors (Lipinski definition) is 1. The minimum Gasteiger partial charge on any atom is -0.356 e. The summed E-state index contributed by atoms with van der Waals surface area (Å²) < 4.78 is 25.2. The highest BCUT2D eigenvalue weighted by atomic mass is 32.2. The largest absolute Gasteiger partial charge is 0.356 e. The molecule has 0 spiro atoms. The minimum atomic E-state index is -3.19. The first-order valence-electron chi connectivity index (χ1n) is 8.31. The second-order valence-corrected chi connectivity index (χ2v) is 9.25. The molecule has 6 heteroatoms. The van der Waals surface area contributed by atoms with Crippen LogP contribution in [0.1, 0.15) is 31.9 Å². The highest BCUT2D eigenvalue weighted by Gasteiger charge is 2.16. The number of aryl methyl sites for hydroxylation is 2. The van der Waals surface area contributed by atoms with Crippen molar-refractivity contribution in [3.05, 3.63) is 63.2 Å². The number of nitrogens with zero attached hydrogens (tertiary/aromatic N) is 1. The predicted octanol–water partition coefficient (Wildman–Crippen LogP) is 3.52. The Balaban J connectivity index is 2.84. The minimum absolute atomic E-state index is 0.0693. The molecule has 0 bridgehead atoms. The SMILES string of the molecule is C=C(C)/C(=C\C(=C(C)C)c1cn(C)c(=O)c2[nH]cc(C)c12)CS(C)(=O)=O. The summed E-state index contributed by atoms with van der Waals surface area (Å²) in [5.74, 6) is -0.0693. The maximum atomic E-state index is 12.4.